The Morgan fingerprint density at radius 2 is 2.24 bits per heavy atom. The fourth-order valence-corrected chi connectivity index (χ4v) is 2.63. The second-order valence-electron chi connectivity index (χ2n) is 4.93. The van der Waals surface area contributed by atoms with Crippen molar-refractivity contribution in [2.24, 2.45) is 0 Å². The van der Waals surface area contributed by atoms with Crippen molar-refractivity contribution in [3.63, 3.8) is 0 Å². The number of rotatable bonds is 1. The Kier molecular flexibility index (Phi) is 3.27. The van der Waals surface area contributed by atoms with Crippen LogP contribution in [-0.2, 0) is 0 Å². The van der Waals surface area contributed by atoms with E-state index in [-0.39, 0.29) is 5.91 Å². The third kappa shape index (κ3) is 2.69. The molecule has 2 rings (SSSR count). The minimum atomic E-state index is -0.737. The summed E-state index contributed by atoms with van der Waals surface area (Å²) in [7, 11) is 0. The van der Waals surface area contributed by atoms with Crippen LogP contribution in [0.15, 0.2) is 22.7 Å². The topological polar surface area (TPSA) is 40.5 Å². The molecule has 4 heteroatoms. The summed E-state index contributed by atoms with van der Waals surface area (Å²) in [6, 6.07) is 5.63. The van der Waals surface area contributed by atoms with E-state index >= 15 is 0 Å². The van der Waals surface area contributed by atoms with E-state index in [1.807, 2.05) is 25.1 Å². The van der Waals surface area contributed by atoms with Gasteiger partial charge in [0.2, 0.25) is 0 Å². The van der Waals surface area contributed by atoms with Crippen LogP contribution in [-0.4, -0.2) is 34.6 Å². The molecule has 1 unspecified atom stereocenters. The molecule has 0 aliphatic carbocycles. The zero-order valence-corrected chi connectivity index (χ0v) is 11.6. The standard InChI is InChI=1S/C13H16BrNO2/c1-9-7-10(14)3-4-11(9)12(16)15-6-5-13(2,17)8-15/h3-4,7,17H,5-6,8H2,1-2H3. The number of hydrogen-bond donors (Lipinski definition) is 1. The summed E-state index contributed by atoms with van der Waals surface area (Å²) in [5.74, 6) is 0.00720. The average molecular weight is 298 g/mol. The normalized spacial score (nSPS) is 24.1. The van der Waals surface area contributed by atoms with Crippen molar-refractivity contribution >= 4 is 21.8 Å². The van der Waals surface area contributed by atoms with Gasteiger partial charge in [0, 0.05) is 23.1 Å². The minimum Gasteiger partial charge on any atom is -0.388 e. The maximum atomic E-state index is 12.3. The molecule has 1 saturated heterocycles. The lowest BCUT2D eigenvalue weighted by Crippen LogP contribution is -2.34. The summed E-state index contributed by atoms with van der Waals surface area (Å²) in [6.07, 6.45) is 0.647. The lowest BCUT2D eigenvalue weighted by molar-refractivity contribution is 0.0571. The first-order valence-electron chi connectivity index (χ1n) is 5.67. The molecule has 1 amide bonds. The fourth-order valence-electron chi connectivity index (χ4n) is 2.16. The Labute approximate surface area is 110 Å². The Hall–Kier alpha value is -0.870. The Balaban J connectivity index is 2.21. The van der Waals surface area contributed by atoms with E-state index < -0.39 is 5.60 Å². The summed E-state index contributed by atoms with van der Waals surface area (Å²) in [5.41, 5.74) is 0.931. The molecule has 1 atom stereocenters. The van der Waals surface area contributed by atoms with Crippen LogP contribution >= 0.6 is 15.9 Å². The van der Waals surface area contributed by atoms with Crippen LogP contribution in [0.25, 0.3) is 0 Å². The molecule has 3 nitrogen and oxygen atoms in total. The predicted octanol–water partition coefficient (Wildman–Crippen LogP) is 2.35. The highest BCUT2D eigenvalue weighted by Crippen LogP contribution is 2.24. The number of carbonyl (C=O) groups is 1. The number of halogens is 1. The Bertz CT molecular complexity index is 457. The quantitative estimate of drug-likeness (QED) is 0.864. The van der Waals surface area contributed by atoms with Crippen LogP contribution in [0.4, 0.5) is 0 Å². The van der Waals surface area contributed by atoms with Crippen molar-refractivity contribution < 1.29 is 9.90 Å². The van der Waals surface area contributed by atoms with Crippen molar-refractivity contribution in [2.75, 3.05) is 13.1 Å². The third-order valence-electron chi connectivity index (χ3n) is 3.16. The van der Waals surface area contributed by atoms with Crippen LogP contribution < -0.4 is 0 Å². The van der Waals surface area contributed by atoms with Gasteiger partial charge < -0.3 is 10.0 Å². The van der Waals surface area contributed by atoms with Crippen molar-refractivity contribution in [3.05, 3.63) is 33.8 Å². The van der Waals surface area contributed by atoms with E-state index in [1.54, 1.807) is 11.8 Å². The molecule has 0 saturated carbocycles. The molecule has 1 N–H and O–H groups in total. The van der Waals surface area contributed by atoms with Gasteiger partial charge in [-0.05, 0) is 44.0 Å². The number of aliphatic hydroxyl groups is 1. The number of carbonyl (C=O) groups excluding carboxylic acids is 1. The molecule has 0 spiro atoms. The van der Waals surface area contributed by atoms with Gasteiger partial charge in [-0.3, -0.25) is 4.79 Å². The maximum Gasteiger partial charge on any atom is 0.254 e. The van der Waals surface area contributed by atoms with Crippen LogP contribution in [0.5, 0.6) is 0 Å². The SMILES string of the molecule is Cc1cc(Br)ccc1C(=O)N1CCC(C)(O)C1. The maximum absolute atomic E-state index is 12.3. The molecule has 92 valence electrons. The van der Waals surface area contributed by atoms with Crippen LogP contribution in [0, 0.1) is 6.92 Å². The summed E-state index contributed by atoms with van der Waals surface area (Å²) in [5, 5.41) is 9.87. The molecule has 1 aromatic carbocycles. The van der Waals surface area contributed by atoms with Gasteiger partial charge in [0.15, 0.2) is 0 Å². The number of β-amino-alcohol motifs (C(OH)–C–C–N with tert-alkyl or cyclic N) is 1. The third-order valence-corrected chi connectivity index (χ3v) is 3.65. The summed E-state index contributed by atoms with van der Waals surface area (Å²) in [4.78, 5) is 14.0. The number of hydrogen-bond acceptors (Lipinski definition) is 2. The molecular formula is C13H16BrNO2. The van der Waals surface area contributed by atoms with E-state index in [0.717, 1.165) is 10.0 Å². The number of aryl methyl sites for hydroxylation is 1. The second kappa shape index (κ2) is 4.42. The highest BCUT2D eigenvalue weighted by molar-refractivity contribution is 9.10. The van der Waals surface area contributed by atoms with Crippen molar-refractivity contribution in [1.29, 1.82) is 0 Å². The number of amides is 1. The van der Waals surface area contributed by atoms with Crippen molar-refractivity contribution in [3.8, 4) is 0 Å². The molecule has 1 fully saturated rings. The summed E-state index contributed by atoms with van der Waals surface area (Å²) >= 11 is 3.38. The van der Waals surface area contributed by atoms with E-state index in [4.69, 9.17) is 0 Å². The second-order valence-corrected chi connectivity index (χ2v) is 5.85. The Morgan fingerprint density at radius 1 is 1.53 bits per heavy atom. The zero-order chi connectivity index (χ0) is 12.6. The van der Waals surface area contributed by atoms with Crippen molar-refractivity contribution in [1.82, 2.24) is 4.90 Å². The average Bonchev–Trinajstić information content (AvgIpc) is 2.58. The van der Waals surface area contributed by atoms with E-state index in [1.165, 1.54) is 0 Å². The van der Waals surface area contributed by atoms with Gasteiger partial charge in [-0.1, -0.05) is 15.9 Å². The first kappa shape index (κ1) is 12.6. The number of likely N-dealkylation sites (tertiary alicyclic amines) is 1. The highest BCUT2D eigenvalue weighted by atomic mass is 79.9. The number of nitrogens with zero attached hydrogens (tertiary/aromatic N) is 1. The lowest BCUT2D eigenvalue weighted by atomic mass is 10.1. The molecule has 1 heterocycles. The van der Waals surface area contributed by atoms with Gasteiger partial charge in [-0.2, -0.15) is 0 Å². The summed E-state index contributed by atoms with van der Waals surface area (Å²) < 4.78 is 0.972. The number of benzene rings is 1. The van der Waals surface area contributed by atoms with Crippen LogP contribution in [0.3, 0.4) is 0 Å². The van der Waals surface area contributed by atoms with Crippen molar-refractivity contribution in [2.45, 2.75) is 25.9 Å². The largest absolute Gasteiger partial charge is 0.388 e. The first-order chi connectivity index (χ1) is 7.89. The molecule has 1 aromatic rings. The van der Waals surface area contributed by atoms with Gasteiger partial charge in [0.25, 0.3) is 5.91 Å². The van der Waals surface area contributed by atoms with E-state index in [2.05, 4.69) is 15.9 Å². The van der Waals surface area contributed by atoms with Crippen LogP contribution in [0.1, 0.15) is 29.3 Å². The van der Waals surface area contributed by atoms with E-state index in [0.29, 0.717) is 25.1 Å². The highest BCUT2D eigenvalue weighted by Gasteiger charge is 2.34. The van der Waals surface area contributed by atoms with E-state index in [9.17, 15) is 9.90 Å². The molecule has 0 bridgehead atoms. The molecule has 1 aliphatic heterocycles. The molecule has 1 aliphatic rings. The van der Waals surface area contributed by atoms with Gasteiger partial charge in [-0.25, -0.2) is 0 Å². The first-order valence-corrected chi connectivity index (χ1v) is 6.46. The molecule has 17 heavy (non-hydrogen) atoms. The van der Waals surface area contributed by atoms with Gasteiger partial charge in [-0.15, -0.1) is 0 Å². The van der Waals surface area contributed by atoms with Gasteiger partial charge >= 0.3 is 0 Å². The van der Waals surface area contributed by atoms with Gasteiger partial charge in [0.05, 0.1) is 5.60 Å². The summed E-state index contributed by atoms with van der Waals surface area (Å²) in [6.45, 7) is 4.74. The monoisotopic (exact) mass is 297 g/mol. The molecule has 0 aromatic heterocycles. The fraction of sp³-hybridized carbons (Fsp3) is 0.462. The minimum absolute atomic E-state index is 0.00720. The molecular weight excluding hydrogens is 282 g/mol. The Morgan fingerprint density at radius 3 is 2.76 bits per heavy atom. The van der Waals surface area contributed by atoms with Crippen LogP contribution in [0.2, 0.25) is 0 Å². The lowest BCUT2D eigenvalue weighted by Gasteiger charge is -2.20. The van der Waals surface area contributed by atoms with Gasteiger partial charge in [0.1, 0.15) is 0 Å². The predicted molar refractivity (Wildman–Crippen MR) is 70.0 cm³/mol. The molecule has 0 radical (unpaired) electrons. The zero-order valence-electron chi connectivity index (χ0n) is 10.0. The smallest absolute Gasteiger partial charge is 0.254 e.